The Morgan fingerprint density at radius 1 is 0.492 bits per heavy atom. The summed E-state index contributed by atoms with van der Waals surface area (Å²) in [4.78, 5) is 55.7. The Labute approximate surface area is 383 Å². The summed E-state index contributed by atoms with van der Waals surface area (Å²) in [5.74, 6) is -2.74. The Morgan fingerprint density at radius 2 is 0.862 bits per heavy atom. The molecule has 4 N–H and O–H groups in total. The van der Waals surface area contributed by atoms with Crippen molar-refractivity contribution in [3.63, 3.8) is 0 Å². The zero-order valence-corrected chi connectivity index (χ0v) is 36.4. The van der Waals surface area contributed by atoms with Gasteiger partial charge in [-0.3, -0.25) is 9.59 Å². The summed E-state index contributed by atoms with van der Waals surface area (Å²) in [7, 11) is 0. The van der Waals surface area contributed by atoms with Gasteiger partial charge in [0.15, 0.2) is 0 Å². The van der Waals surface area contributed by atoms with Gasteiger partial charge < -0.3 is 25.8 Å². The predicted octanol–water partition coefficient (Wildman–Crippen LogP) is 9.16. The van der Waals surface area contributed by atoms with E-state index in [4.69, 9.17) is 4.74 Å². The number of carbonyl (C=O) groups excluding carboxylic acids is 3. The van der Waals surface area contributed by atoms with Crippen LogP contribution in [-0.2, 0) is 36.7 Å². The van der Waals surface area contributed by atoms with Gasteiger partial charge in [-0.1, -0.05) is 200 Å². The Hall–Kier alpha value is -7.43. The number of carboxylic acids is 1. The molecule has 0 radical (unpaired) electrons. The molecule has 7 aromatic carbocycles. The summed E-state index contributed by atoms with van der Waals surface area (Å²) >= 11 is 1.41. The molecule has 1 aliphatic carbocycles. The molecular weight excluding hydrogens is 831 g/mol. The second-order valence-corrected chi connectivity index (χ2v) is 17.2. The Kier molecular flexibility index (Phi) is 14.2. The summed E-state index contributed by atoms with van der Waals surface area (Å²) < 4.78 is 5.02. The highest BCUT2D eigenvalue weighted by Gasteiger charge is 2.39. The number of hydrogen-bond acceptors (Lipinski definition) is 6. The van der Waals surface area contributed by atoms with Crippen LogP contribution in [0.5, 0.6) is 0 Å². The third-order valence-electron chi connectivity index (χ3n) is 11.8. The van der Waals surface area contributed by atoms with E-state index in [0.29, 0.717) is 0 Å². The summed E-state index contributed by atoms with van der Waals surface area (Å²) in [6.07, 6.45) is -0.623. The molecule has 0 aromatic heterocycles. The van der Waals surface area contributed by atoms with Crippen LogP contribution in [0.25, 0.3) is 11.1 Å². The molecule has 10 heteroatoms. The van der Waals surface area contributed by atoms with Gasteiger partial charge in [0.1, 0.15) is 24.7 Å². The number of benzene rings is 7. The number of amides is 3. The van der Waals surface area contributed by atoms with Crippen molar-refractivity contribution in [1.29, 1.82) is 0 Å². The van der Waals surface area contributed by atoms with Gasteiger partial charge >= 0.3 is 12.1 Å². The maximum atomic E-state index is 14.5. The fourth-order valence-electron chi connectivity index (χ4n) is 8.60. The lowest BCUT2D eigenvalue weighted by atomic mass is 9.84. The molecule has 1 aliphatic rings. The SMILES string of the molecule is O=C(N[C@@H](Cc1ccccc1)C(=O)N[C@@H](Cc1ccccc1)C(=O)N[C@@H](CSC(c1ccccc1)(c1ccccc1)c1ccccc1)C(=O)O)OCC1c2ccccc2-c2ccccc21. The van der Waals surface area contributed by atoms with Crippen LogP contribution in [0.2, 0.25) is 0 Å². The molecule has 8 rings (SSSR count). The number of rotatable bonds is 18. The summed E-state index contributed by atoms with van der Waals surface area (Å²) in [5.41, 5.74) is 8.64. The van der Waals surface area contributed by atoms with Crippen LogP contribution >= 0.6 is 11.8 Å². The summed E-state index contributed by atoms with van der Waals surface area (Å²) in [6, 6.07) is 60.5. The van der Waals surface area contributed by atoms with Crippen molar-refractivity contribution in [1.82, 2.24) is 16.0 Å². The summed E-state index contributed by atoms with van der Waals surface area (Å²) in [5, 5.41) is 19.1. The lowest BCUT2D eigenvalue weighted by Gasteiger charge is -2.36. The first-order valence-electron chi connectivity index (χ1n) is 21.6. The van der Waals surface area contributed by atoms with E-state index in [1.165, 1.54) is 11.8 Å². The molecule has 3 atom stereocenters. The van der Waals surface area contributed by atoms with Crippen molar-refractivity contribution < 1.29 is 29.0 Å². The highest BCUT2D eigenvalue weighted by molar-refractivity contribution is 8.00. The van der Waals surface area contributed by atoms with E-state index in [2.05, 4.69) is 28.1 Å². The van der Waals surface area contributed by atoms with Crippen LogP contribution in [0.15, 0.2) is 200 Å². The van der Waals surface area contributed by atoms with Crippen LogP contribution < -0.4 is 16.0 Å². The number of fused-ring (bicyclic) bond motifs is 3. The second-order valence-electron chi connectivity index (χ2n) is 16.0. The van der Waals surface area contributed by atoms with E-state index >= 15 is 0 Å². The third kappa shape index (κ3) is 10.4. The van der Waals surface area contributed by atoms with Gasteiger partial charge in [-0.2, -0.15) is 0 Å². The van der Waals surface area contributed by atoms with Gasteiger partial charge in [-0.05, 0) is 50.1 Å². The number of alkyl carbamates (subject to hydrolysis) is 1. The highest BCUT2D eigenvalue weighted by atomic mass is 32.2. The minimum absolute atomic E-state index is 0.0221. The number of carboxylic acid groups (broad SMARTS) is 1. The number of hydrogen-bond donors (Lipinski definition) is 4. The lowest BCUT2D eigenvalue weighted by molar-refractivity contribution is -0.141. The van der Waals surface area contributed by atoms with E-state index in [1.807, 2.05) is 188 Å². The van der Waals surface area contributed by atoms with E-state index in [1.54, 1.807) is 0 Å². The fraction of sp³-hybridized carbons (Fsp3) is 0.164. The number of aliphatic carboxylic acids is 1. The molecule has 0 aliphatic heterocycles. The van der Waals surface area contributed by atoms with Crippen LogP contribution in [0.1, 0.15) is 44.9 Å². The molecular formula is C55H49N3O6S. The topological polar surface area (TPSA) is 134 Å². The summed E-state index contributed by atoms with van der Waals surface area (Å²) in [6.45, 7) is 0.0489. The van der Waals surface area contributed by atoms with Crippen LogP contribution in [0, 0.1) is 0 Å². The van der Waals surface area contributed by atoms with Crippen molar-refractivity contribution in [3.05, 3.63) is 239 Å². The molecule has 7 aromatic rings. The van der Waals surface area contributed by atoms with Crippen molar-refractivity contribution in [2.45, 2.75) is 41.6 Å². The molecule has 0 bridgehead atoms. The molecule has 326 valence electrons. The number of thioether (sulfide) groups is 1. The van der Waals surface area contributed by atoms with Crippen molar-refractivity contribution in [3.8, 4) is 11.1 Å². The minimum atomic E-state index is -1.35. The Balaban J connectivity index is 1.03. The molecule has 0 heterocycles. The van der Waals surface area contributed by atoms with Crippen molar-refractivity contribution >= 4 is 35.6 Å². The van der Waals surface area contributed by atoms with Gasteiger partial charge in [0.05, 0.1) is 4.75 Å². The largest absolute Gasteiger partial charge is 0.480 e. The van der Waals surface area contributed by atoms with E-state index in [0.717, 1.165) is 50.1 Å². The average molecular weight is 880 g/mol. The van der Waals surface area contributed by atoms with E-state index in [9.17, 15) is 24.3 Å². The van der Waals surface area contributed by atoms with Gasteiger partial charge in [0.25, 0.3) is 0 Å². The zero-order chi connectivity index (χ0) is 45.0. The molecule has 0 unspecified atom stereocenters. The molecule has 0 saturated carbocycles. The molecule has 0 saturated heterocycles. The van der Waals surface area contributed by atoms with E-state index < -0.39 is 46.7 Å². The average Bonchev–Trinajstić information content (AvgIpc) is 3.67. The van der Waals surface area contributed by atoms with Crippen molar-refractivity contribution in [2.75, 3.05) is 12.4 Å². The first kappa shape index (κ1) is 44.2. The normalized spacial score (nSPS) is 13.3. The first-order valence-corrected chi connectivity index (χ1v) is 22.6. The first-order chi connectivity index (χ1) is 31.8. The van der Waals surface area contributed by atoms with E-state index in [-0.39, 0.29) is 31.1 Å². The maximum Gasteiger partial charge on any atom is 0.407 e. The molecule has 0 spiro atoms. The molecule has 0 fully saturated rings. The standard InChI is InChI=1S/C55H49N3O6S/c59-51(57-50(53(61)62)37-65-55(40-24-10-3-11-25-40,41-26-12-4-13-27-41)42-28-14-5-15-29-42)48(34-38-20-6-1-7-21-38)56-52(60)49(35-39-22-8-2-9-23-39)58-54(63)64-36-47-45-32-18-16-30-43(45)44-31-17-19-33-46(44)47/h1-33,47-50H,34-37H2,(H,56,60)(H,57,59)(H,58,63)(H,61,62)/t48-,49-,50-/m0/s1. The zero-order valence-electron chi connectivity index (χ0n) is 35.6. The van der Waals surface area contributed by atoms with Crippen LogP contribution in [0.3, 0.4) is 0 Å². The monoisotopic (exact) mass is 879 g/mol. The quantitative estimate of drug-likeness (QED) is 0.0632. The third-order valence-corrected chi connectivity index (χ3v) is 13.4. The van der Waals surface area contributed by atoms with Crippen LogP contribution in [0.4, 0.5) is 4.79 Å². The molecule has 3 amide bonds. The number of carbonyl (C=O) groups is 4. The second kappa shape index (κ2) is 20.8. The van der Waals surface area contributed by atoms with Gasteiger partial charge in [0.2, 0.25) is 11.8 Å². The fourth-order valence-corrected chi connectivity index (χ4v) is 10.1. The van der Waals surface area contributed by atoms with Gasteiger partial charge in [0, 0.05) is 24.5 Å². The smallest absolute Gasteiger partial charge is 0.407 e. The highest BCUT2D eigenvalue weighted by Crippen LogP contribution is 2.49. The number of ether oxygens (including phenoxy) is 1. The maximum absolute atomic E-state index is 14.5. The van der Waals surface area contributed by atoms with Crippen molar-refractivity contribution in [2.24, 2.45) is 0 Å². The van der Waals surface area contributed by atoms with Crippen LogP contribution in [-0.4, -0.2) is 59.5 Å². The van der Waals surface area contributed by atoms with Gasteiger partial charge in [-0.25, -0.2) is 9.59 Å². The predicted molar refractivity (Wildman–Crippen MR) is 255 cm³/mol. The van der Waals surface area contributed by atoms with Gasteiger partial charge in [-0.15, -0.1) is 11.8 Å². The Morgan fingerprint density at radius 3 is 1.29 bits per heavy atom. The Bertz CT molecular complexity index is 2560. The number of nitrogens with one attached hydrogen (secondary N) is 3. The molecule has 65 heavy (non-hydrogen) atoms. The molecule has 9 nitrogen and oxygen atoms in total. The lowest BCUT2D eigenvalue weighted by Crippen LogP contribution is -2.57. The minimum Gasteiger partial charge on any atom is -0.480 e.